The van der Waals surface area contributed by atoms with Gasteiger partial charge in [0.2, 0.25) is 16.0 Å². The van der Waals surface area contributed by atoms with Gasteiger partial charge in [0.05, 0.1) is 37.5 Å². The fourth-order valence-electron chi connectivity index (χ4n) is 5.38. The third-order valence-electron chi connectivity index (χ3n) is 7.72. The van der Waals surface area contributed by atoms with E-state index in [0.717, 1.165) is 31.5 Å². The van der Waals surface area contributed by atoms with Gasteiger partial charge in [0, 0.05) is 23.9 Å². The molecule has 1 aromatic heterocycles. The van der Waals surface area contributed by atoms with Gasteiger partial charge in [0.1, 0.15) is 5.75 Å². The number of nitrogens with one attached hydrogen (secondary N) is 4. The summed E-state index contributed by atoms with van der Waals surface area (Å²) in [6.07, 6.45) is 3.49. The molecule has 4 N–H and O–H groups in total. The summed E-state index contributed by atoms with van der Waals surface area (Å²) < 4.78 is 43.7. The van der Waals surface area contributed by atoms with Crippen LogP contribution in [-0.4, -0.2) is 81.0 Å². The van der Waals surface area contributed by atoms with E-state index in [2.05, 4.69) is 40.5 Å². The van der Waals surface area contributed by atoms with Crippen LogP contribution in [0.15, 0.2) is 48.5 Å². The van der Waals surface area contributed by atoms with Crippen LogP contribution in [0.2, 0.25) is 0 Å². The summed E-state index contributed by atoms with van der Waals surface area (Å²) in [7, 11) is -0.740. The number of ether oxygens (including phenoxy) is 3. The fourth-order valence-corrected chi connectivity index (χ4v) is 5.93. The molecule has 3 aromatic carbocycles. The number of likely N-dealkylation sites (tertiary alicyclic amines) is 1. The molecule has 0 atom stereocenters. The third-order valence-corrected chi connectivity index (χ3v) is 8.31. The molecule has 14 nitrogen and oxygen atoms in total. The first-order valence-corrected chi connectivity index (χ1v) is 17.5. The summed E-state index contributed by atoms with van der Waals surface area (Å²) in [5.74, 6) is 0.981. The maximum absolute atomic E-state index is 13.4. The molecule has 1 fully saturated rings. The Balaban J connectivity index is 1.38. The number of methoxy groups -OCH3 is 2. The van der Waals surface area contributed by atoms with Crippen LogP contribution in [0.5, 0.6) is 23.5 Å². The highest BCUT2D eigenvalue weighted by Gasteiger charge is 2.23. The molecule has 0 aliphatic carbocycles. The molecule has 0 unspecified atom stereocenters. The molecule has 2 amide bonds. The van der Waals surface area contributed by atoms with Crippen LogP contribution in [-0.2, 0) is 15.4 Å². The molecule has 0 bridgehead atoms. The van der Waals surface area contributed by atoms with Gasteiger partial charge >= 0.3 is 18.1 Å². The number of fused-ring (bicyclic) bond motifs is 1. The minimum Gasteiger partial charge on any atom is -0.492 e. The van der Waals surface area contributed by atoms with Gasteiger partial charge in [0.15, 0.2) is 5.75 Å². The van der Waals surface area contributed by atoms with E-state index in [9.17, 15) is 13.2 Å². The third kappa shape index (κ3) is 8.72. The van der Waals surface area contributed by atoms with Gasteiger partial charge in [-0.2, -0.15) is 9.97 Å². The second-order valence-corrected chi connectivity index (χ2v) is 14.2. The van der Waals surface area contributed by atoms with E-state index in [1.54, 1.807) is 24.3 Å². The van der Waals surface area contributed by atoms with Gasteiger partial charge < -0.3 is 35.1 Å². The van der Waals surface area contributed by atoms with Gasteiger partial charge in [-0.25, -0.2) is 13.2 Å². The second-order valence-electron chi connectivity index (χ2n) is 12.5. The number of hydrogen-bond acceptors (Lipinski definition) is 11. The van der Waals surface area contributed by atoms with E-state index in [1.807, 2.05) is 45.0 Å². The maximum Gasteiger partial charge on any atom is 0.330 e. The van der Waals surface area contributed by atoms with E-state index < -0.39 is 16.1 Å². The van der Waals surface area contributed by atoms with Crippen molar-refractivity contribution >= 4 is 49.8 Å². The van der Waals surface area contributed by atoms with Gasteiger partial charge in [-0.05, 0) is 61.2 Å². The largest absolute Gasteiger partial charge is 0.492 e. The van der Waals surface area contributed by atoms with E-state index in [4.69, 9.17) is 14.2 Å². The predicted molar refractivity (Wildman–Crippen MR) is 187 cm³/mol. The lowest BCUT2D eigenvalue weighted by Crippen LogP contribution is -2.26. The molecule has 1 aliphatic rings. The molecule has 0 saturated carbocycles. The maximum atomic E-state index is 13.4. The minimum atomic E-state index is -3.63. The highest BCUT2D eigenvalue weighted by molar-refractivity contribution is 7.92. The van der Waals surface area contributed by atoms with Crippen molar-refractivity contribution in [2.75, 3.05) is 67.3 Å². The average molecular weight is 679 g/mol. The monoisotopic (exact) mass is 678 g/mol. The van der Waals surface area contributed by atoms with Crippen molar-refractivity contribution in [2.45, 2.75) is 39.0 Å². The molecular weight excluding hydrogens is 636 g/mol. The van der Waals surface area contributed by atoms with Crippen LogP contribution in [0.4, 0.5) is 27.8 Å². The number of carbonyl (C=O) groups excluding carboxylic acids is 1. The molecule has 0 spiro atoms. The summed E-state index contributed by atoms with van der Waals surface area (Å²) in [5, 5.41) is 10.4. The van der Waals surface area contributed by atoms with Crippen molar-refractivity contribution in [3.05, 3.63) is 54.1 Å². The van der Waals surface area contributed by atoms with Crippen LogP contribution in [0.25, 0.3) is 10.8 Å². The Morgan fingerprint density at radius 1 is 0.875 bits per heavy atom. The molecule has 15 heteroatoms. The van der Waals surface area contributed by atoms with Gasteiger partial charge in [-0.1, -0.05) is 45.0 Å². The summed E-state index contributed by atoms with van der Waals surface area (Å²) in [4.78, 5) is 28.8. The van der Waals surface area contributed by atoms with E-state index in [-0.39, 0.29) is 28.9 Å². The molecule has 1 saturated heterocycles. The Labute approximate surface area is 280 Å². The number of rotatable bonds is 12. The van der Waals surface area contributed by atoms with Crippen molar-refractivity contribution in [2.24, 2.45) is 0 Å². The van der Waals surface area contributed by atoms with Gasteiger partial charge in [-0.15, -0.1) is 4.98 Å². The molecule has 4 aromatic rings. The first-order chi connectivity index (χ1) is 22.8. The smallest absolute Gasteiger partial charge is 0.330 e. The minimum absolute atomic E-state index is 0.0541. The summed E-state index contributed by atoms with van der Waals surface area (Å²) in [6.45, 7) is 9.69. The Morgan fingerprint density at radius 3 is 2.21 bits per heavy atom. The lowest BCUT2D eigenvalue weighted by Gasteiger charge is -2.24. The fraction of sp³-hybridized carbons (Fsp3) is 0.394. The van der Waals surface area contributed by atoms with Crippen LogP contribution in [0.1, 0.15) is 39.2 Å². The SMILES string of the molecule is COc1nc(NCCN2CCCC2)nc(Oc2ccc(NC(=O)Nc3cc(C(C)(C)C)cc(NS(C)(=O)=O)c3OC)c3ccccc23)n1. The quantitative estimate of drug-likeness (QED) is 0.146. The first-order valence-electron chi connectivity index (χ1n) is 15.6. The van der Waals surface area contributed by atoms with Gasteiger partial charge in [-0.3, -0.25) is 4.72 Å². The zero-order valence-corrected chi connectivity index (χ0v) is 28.8. The number of aromatic nitrogens is 3. The standard InChI is InChI=1S/C33H42N8O6S/c1-33(2,3)21-19-25(28(45-4)26(20-21)40-48(6,43)44)36-30(42)35-24-13-14-27(23-12-8-7-11-22(23)24)47-32-38-29(37-31(39-32)46-5)34-15-18-41-16-9-10-17-41/h7-8,11-14,19-20,40H,9-10,15-18H2,1-6H3,(H2,35,36,42)(H,34,37,38,39). The predicted octanol–water partition coefficient (Wildman–Crippen LogP) is 5.66. The number of carbonyl (C=O) groups is 1. The van der Waals surface area contributed by atoms with Crippen molar-refractivity contribution in [3.63, 3.8) is 0 Å². The Bertz CT molecular complexity index is 1890. The zero-order chi connectivity index (χ0) is 34.5. The van der Waals surface area contributed by atoms with Gasteiger partial charge in [0.25, 0.3) is 0 Å². The summed E-state index contributed by atoms with van der Waals surface area (Å²) >= 11 is 0. The van der Waals surface area contributed by atoms with Crippen LogP contribution < -0.4 is 34.9 Å². The van der Waals surface area contributed by atoms with E-state index in [1.165, 1.54) is 27.1 Å². The molecule has 1 aliphatic heterocycles. The molecule has 2 heterocycles. The number of hydrogen-bond donors (Lipinski definition) is 4. The van der Waals surface area contributed by atoms with Crippen LogP contribution in [0.3, 0.4) is 0 Å². The molecule has 5 rings (SSSR count). The Morgan fingerprint density at radius 2 is 1.54 bits per heavy atom. The van der Waals surface area contributed by atoms with Crippen molar-refractivity contribution in [1.29, 1.82) is 0 Å². The topological polar surface area (TPSA) is 169 Å². The van der Waals surface area contributed by atoms with Crippen LogP contribution in [0, 0.1) is 0 Å². The Kier molecular flexibility index (Phi) is 10.4. The summed E-state index contributed by atoms with van der Waals surface area (Å²) in [6, 6.07) is 13.9. The first kappa shape index (κ1) is 34.4. The molecule has 48 heavy (non-hydrogen) atoms. The average Bonchev–Trinajstić information content (AvgIpc) is 3.54. The van der Waals surface area contributed by atoms with E-state index in [0.29, 0.717) is 40.4 Å². The number of anilines is 4. The number of sulfonamides is 1. The second kappa shape index (κ2) is 14.5. The van der Waals surface area contributed by atoms with E-state index >= 15 is 0 Å². The lowest BCUT2D eigenvalue weighted by atomic mass is 9.86. The highest BCUT2D eigenvalue weighted by Crippen LogP contribution is 2.40. The normalized spacial score (nSPS) is 13.6. The molecule has 0 radical (unpaired) electrons. The van der Waals surface area contributed by atoms with Crippen molar-refractivity contribution < 1.29 is 27.4 Å². The summed E-state index contributed by atoms with van der Waals surface area (Å²) in [5.41, 5.74) is 1.46. The van der Waals surface area contributed by atoms with Crippen LogP contribution >= 0.6 is 0 Å². The van der Waals surface area contributed by atoms with Crippen molar-refractivity contribution in [3.8, 4) is 23.5 Å². The molecule has 256 valence electrons. The molecular formula is C33H42N8O6S. The number of urea groups is 1. The lowest BCUT2D eigenvalue weighted by molar-refractivity contribution is 0.262. The zero-order valence-electron chi connectivity index (χ0n) is 28.0. The number of benzene rings is 3. The highest BCUT2D eigenvalue weighted by atomic mass is 32.2. The number of nitrogens with zero attached hydrogens (tertiary/aromatic N) is 4. The Hall–Kier alpha value is -4.89. The van der Waals surface area contributed by atoms with Crippen molar-refractivity contribution in [1.82, 2.24) is 19.9 Å². The number of amides is 2.